The van der Waals surface area contributed by atoms with Gasteiger partial charge in [-0.05, 0) is 37.0 Å². The zero-order valence-electron chi connectivity index (χ0n) is 44.1. The number of hydrogen-bond acceptors (Lipinski definition) is 6. The lowest BCUT2D eigenvalue weighted by Crippen LogP contribution is -2.30. The third-order valence-corrected chi connectivity index (χ3v) is 13.1. The topological polar surface area (TPSA) is 78.9 Å². The number of ether oxygens (including phenoxy) is 3. The Morgan fingerprint density at radius 3 is 0.672 bits per heavy atom. The van der Waals surface area contributed by atoms with Crippen molar-refractivity contribution >= 4 is 17.9 Å². The molecule has 0 spiro atoms. The van der Waals surface area contributed by atoms with E-state index in [2.05, 4.69) is 41.5 Å². The van der Waals surface area contributed by atoms with Crippen molar-refractivity contribution in [1.29, 1.82) is 0 Å². The number of unbranched alkanes of at least 4 members (excludes halogenated alkanes) is 34. The van der Waals surface area contributed by atoms with Crippen molar-refractivity contribution in [3.8, 4) is 0 Å². The molecule has 0 saturated carbocycles. The van der Waals surface area contributed by atoms with Crippen LogP contribution >= 0.6 is 0 Å². The molecule has 0 N–H and O–H groups in total. The average Bonchev–Trinajstić information content (AvgIpc) is 3.25. The van der Waals surface area contributed by atoms with E-state index in [-0.39, 0.29) is 31.1 Å². The fourth-order valence-corrected chi connectivity index (χ4v) is 8.82. The van der Waals surface area contributed by atoms with Gasteiger partial charge in [0.15, 0.2) is 6.10 Å². The van der Waals surface area contributed by atoms with Crippen LogP contribution < -0.4 is 0 Å². The van der Waals surface area contributed by atoms with Gasteiger partial charge in [0.1, 0.15) is 13.2 Å². The molecule has 0 saturated heterocycles. The zero-order chi connectivity index (χ0) is 47.0. The molecule has 380 valence electrons. The van der Waals surface area contributed by atoms with Gasteiger partial charge in [0, 0.05) is 19.3 Å². The van der Waals surface area contributed by atoms with Crippen molar-refractivity contribution < 1.29 is 28.6 Å². The van der Waals surface area contributed by atoms with Crippen LogP contribution in [-0.2, 0) is 28.6 Å². The predicted molar refractivity (Wildman–Crippen MR) is 275 cm³/mol. The van der Waals surface area contributed by atoms with Crippen LogP contribution in [-0.4, -0.2) is 37.2 Å². The van der Waals surface area contributed by atoms with E-state index in [9.17, 15) is 14.4 Å². The van der Waals surface area contributed by atoms with E-state index >= 15 is 0 Å². The summed E-state index contributed by atoms with van der Waals surface area (Å²) in [5.74, 6) is 1.64. The normalized spacial score (nSPS) is 12.1. The summed E-state index contributed by atoms with van der Waals surface area (Å²) >= 11 is 0. The second-order valence-corrected chi connectivity index (χ2v) is 21.4. The summed E-state index contributed by atoms with van der Waals surface area (Å²) in [5.41, 5.74) is 0. The fourth-order valence-electron chi connectivity index (χ4n) is 8.82. The van der Waals surface area contributed by atoms with Crippen molar-refractivity contribution in [2.24, 2.45) is 17.8 Å². The van der Waals surface area contributed by atoms with Crippen LogP contribution in [0.15, 0.2) is 0 Å². The molecule has 6 heteroatoms. The van der Waals surface area contributed by atoms with E-state index < -0.39 is 6.10 Å². The van der Waals surface area contributed by atoms with Gasteiger partial charge in [0.25, 0.3) is 0 Å². The maximum Gasteiger partial charge on any atom is 0.306 e. The van der Waals surface area contributed by atoms with Crippen molar-refractivity contribution in [2.75, 3.05) is 13.2 Å². The SMILES string of the molecule is CC(C)CCCCCCCCCCCCCCCCCCCCC(=O)O[C@@H](COC(=O)CCCCCCCCCCCCC(C)C)COC(=O)CCCCCCCCCCCC(C)C. The van der Waals surface area contributed by atoms with E-state index in [1.807, 2.05) is 0 Å². The van der Waals surface area contributed by atoms with E-state index in [1.54, 1.807) is 0 Å². The quantitative estimate of drug-likeness (QED) is 0.0344. The van der Waals surface area contributed by atoms with Crippen molar-refractivity contribution in [2.45, 2.75) is 324 Å². The van der Waals surface area contributed by atoms with Gasteiger partial charge in [-0.2, -0.15) is 0 Å². The second kappa shape index (κ2) is 49.3. The molecule has 0 heterocycles. The highest BCUT2D eigenvalue weighted by atomic mass is 16.6. The van der Waals surface area contributed by atoms with Crippen LogP contribution in [0.1, 0.15) is 318 Å². The summed E-state index contributed by atoms with van der Waals surface area (Å²) in [4.78, 5) is 38.1. The van der Waals surface area contributed by atoms with Gasteiger partial charge in [-0.1, -0.05) is 279 Å². The molecule has 0 rings (SSSR count). The second-order valence-electron chi connectivity index (χ2n) is 21.4. The van der Waals surface area contributed by atoms with E-state index in [0.29, 0.717) is 19.3 Å². The highest BCUT2D eigenvalue weighted by Gasteiger charge is 2.19. The lowest BCUT2D eigenvalue weighted by atomic mass is 10.0. The maximum atomic E-state index is 12.8. The first-order valence-corrected chi connectivity index (χ1v) is 28.6. The number of carbonyl (C=O) groups is 3. The molecule has 0 aliphatic carbocycles. The standard InChI is InChI=1S/C58H112O6/c1-52(2)44-38-32-26-20-15-13-11-9-7-8-10-12-14-16-24-31-37-43-49-58(61)64-55(51-63-57(60)48-42-36-30-25-19-22-28-34-40-46-54(5)6)50-62-56(59)47-41-35-29-23-18-17-21-27-33-39-45-53(3)4/h52-55H,7-51H2,1-6H3/t55-/m0/s1. The molecule has 0 aromatic heterocycles. The fraction of sp³-hybridized carbons (Fsp3) is 0.948. The number of carbonyl (C=O) groups excluding carboxylic acids is 3. The molecule has 0 unspecified atom stereocenters. The molecule has 0 amide bonds. The third-order valence-electron chi connectivity index (χ3n) is 13.1. The van der Waals surface area contributed by atoms with Crippen LogP contribution in [0.3, 0.4) is 0 Å². The summed E-state index contributed by atoms with van der Waals surface area (Å²) in [6.07, 6.45) is 51.0. The van der Waals surface area contributed by atoms with Crippen LogP contribution in [0.5, 0.6) is 0 Å². The van der Waals surface area contributed by atoms with E-state index in [1.165, 1.54) is 199 Å². The molecule has 0 aromatic carbocycles. The molecule has 0 radical (unpaired) electrons. The highest BCUT2D eigenvalue weighted by molar-refractivity contribution is 5.71. The lowest BCUT2D eigenvalue weighted by molar-refractivity contribution is -0.167. The first-order valence-electron chi connectivity index (χ1n) is 28.6. The Balaban J connectivity index is 4.25. The zero-order valence-corrected chi connectivity index (χ0v) is 44.1. The molecular formula is C58H112O6. The highest BCUT2D eigenvalue weighted by Crippen LogP contribution is 2.18. The summed E-state index contributed by atoms with van der Waals surface area (Å²) in [6, 6.07) is 0. The summed E-state index contributed by atoms with van der Waals surface area (Å²) < 4.78 is 16.9. The van der Waals surface area contributed by atoms with Crippen molar-refractivity contribution in [3.63, 3.8) is 0 Å². The number of hydrogen-bond donors (Lipinski definition) is 0. The maximum absolute atomic E-state index is 12.8. The van der Waals surface area contributed by atoms with E-state index in [4.69, 9.17) is 14.2 Å². The Hall–Kier alpha value is -1.59. The van der Waals surface area contributed by atoms with E-state index in [0.717, 1.165) is 75.5 Å². The predicted octanol–water partition coefficient (Wildman–Crippen LogP) is 18.7. The Labute approximate surface area is 399 Å². The average molecular weight is 906 g/mol. The number of esters is 3. The van der Waals surface area contributed by atoms with Gasteiger partial charge in [-0.25, -0.2) is 0 Å². The van der Waals surface area contributed by atoms with Gasteiger partial charge in [-0.15, -0.1) is 0 Å². The molecule has 0 aromatic rings. The van der Waals surface area contributed by atoms with Crippen molar-refractivity contribution in [3.05, 3.63) is 0 Å². The van der Waals surface area contributed by atoms with Gasteiger partial charge in [-0.3, -0.25) is 14.4 Å². The number of rotatable bonds is 51. The molecule has 0 aliphatic heterocycles. The minimum atomic E-state index is -0.763. The first-order chi connectivity index (χ1) is 31.1. The smallest absolute Gasteiger partial charge is 0.306 e. The Bertz CT molecular complexity index is 991. The van der Waals surface area contributed by atoms with Crippen molar-refractivity contribution in [1.82, 2.24) is 0 Å². The molecular weight excluding hydrogens is 793 g/mol. The molecule has 64 heavy (non-hydrogen) atoms. The third kappa shape index (κ3) is 51.4. The Kier molecular flexibility index (Phi) is 48.1. The Morgan fingerprint density at radius 1 is 0.266 bits per heavy atom. The summed E-state index contributed by atoms with van der Waals surface area (Å²) in [7, 11) is 0. The summed E-state index contributed by atoms with van der Waals surface area (Å²) in [6.45, 7) is 13.7. The van der Waals surface area contributed by atoms with Gasteiger partial charge in [0.05, 0.1) is 0 Å². The molecule has 6 nitrogen and oxygen atoms in total. The largest absolute Gasteiger partial charge is 0.462 e. The molecule has 0 fully saturated rings. The van der Waals surface area contributed by atoms with Crippen LogP contribution in [0, 0.1) is 17.8 Å². The lowest BCUT2D eigenvalue weighted by Gasteiger charge is -2.18. The molecule has 0 aliphatic rings. The first kappa shape index (κ1) is 62.4. The minimum absolute atomic E-state index is 0.0642. The van der Waals surface area contributed by atoms with Crippen LogP contribution in [0.25, 0.3) is 0 Å². The van der Waals surface area contributed by atoms with Crippen LogP contribution in [0.2, 0.25) is 0 Å². The molecule has 0 bridgehead atoms. The van der Waals surface area contributed by atoms with Gasteiger partial charge in [0.2, 0.25) is 0 Å². The van der Waals surface area contributed by atoms with Crippen LogP contribution in [0.4, 0.5) is 0 Å². The minimum Gasteiger partial charge on any atom is -0.462 e. The Morgan fingerprint density at radius 2 is 0.453 bits per heavy atom. The van der Waals surface area contributed by atoms with Gasteiger partial charge >= 0.3 is 17.9 Å². The monoisotopic (exact) mass is 905 g/mol. The van der Waals surface area contributed by atoms with Gasteiger partial charge < -0.3 is 14.2 Å². The molecule has 1 atom stereocenters. The summed E-state index contributed by atoms with van der Waals surface area (Å²) in [5, 5.41) is 0.